The molecular formula is C12H15ClO2. The summed E-state index contributed by atoms with van der Waals surface area (Å²) in [6.07, 6.45) is 0.211. The Morgan fingerprint density at radius 2 is 2.20 bits per heavy atom. The zero-order chi connectivity index (χ0) is 11.4. The van der Waals surface area contributed by atoms with E-state index < -0.39 is 11.3 Å². The molecule has 1 unspecified atom stereocenters. The number of aryl methyl sites for hydroxylation is 2. The van der Waals surface area contributed by atoms with Crippen LogP contribution in [0.25, 0.3) is 0 Å². The standard InChI is InChI=1S/C12H15ClO2/c1-4-9-7-8(2)5-6-10(9)11(15-3)12(13)14/h5-7,11H,4H2,1-3H3. The lowest BCUT2D eigenvalue weighted by Crippen LogP contribution is -2.11. The summed E-state index contributed by atoms with van der Waals surface area (Å²) in [6, 6.07) is 5.92. The molecule has 0 saturated carbocycles. The van der Waals surface area contributed by atoms with Crippen molar-refractivity contribution in [1.82, 2.24) is 0 Å². The molecule has 0 aliphatic rings. The fourth-order valence-corrected chi connectivity index (χ4v) is 1.85. The highest BCUT2D eigenvalue weighted by Crippen LogP contribution is 2.24. The highest BCUT2D eigenvalue weighted by Gasteiger charge is 2.20. The Labute approximate surface area is 95.2 Å². The van der Waals surface area contributed by atoms with Gasteiger partial charge in [0.25, 0.3) is 5.24 Å². The number of hydrogen-bond donors (Lipinski definition) is 0. The SMILES string of the molecule is CCc1cc(C)ccc1C(OC)C(=O)Cl. The van der Waals surface area contributed by atoms with Gasteiger partial charge in [0.1, 0.15) is 0 Å². The van der Waals surface area contributed by atoms with Crippen molar-refractivity contribution in [2.24, 2.45) is 0 Å². The van der Waals surface area contributed by atoms with E-state index in [9.17, 15) is 4.79 Å². The van der Waals surface area contributed by atoms with Crippen LogP contribution in [-0.4, -0.2) is 12.4 Å². The maximum absolute atomic E-state index is 11.2. The van der Waals surface area contributed by atoms with E-state index in [0.29, 0.717) is 0 Å². The lowest BCUT2D eigenvalue weighted by atomic mass is 9.98. The first-order valence-electron chi connectivity index (χ1n) is 4.91. The third-order valence-electron chi connectivity index (χ3n) is 2.40. The van der Waals surface area contributed by atoms with Gasteiger partial charge in [0, 0.05) is 7.11 Å². The lowest BCUT2D eigenvalue weighted by Gasteiger charge is -2.15. The van der Waals surface area contributed by atoms with Gasteiger partial charge in [0.2, 0.25) is 0 Å². The van der Waals surface area contributed by atoms with E-state index >= 15 is 0 Å². The molecule has 0 fully saturated rings. The Morgan fingerprint density at radius 3 is 2.67 bits per heavy atom. The average molecular weight is 227 g/mol. The van der Waals surface area contributed by atoms with Crippen LogP contribution < -0.4 is 0 Å². The van der Waals surface area contributed by atoms with E-state index in [1.165, 1.54) is 12.7 Å². The molecule has 0 bridgehead atoms. The minimum absolute atomic E-state index is 0.476. The number of carbonyl (C=O) groups is 1. The van der Waals surface area contributed by atoms with Crippen molar-refractivity contribution >= 4 is 16.8 Å². The van der Waals surface area contributed by atoms with Gasteiger partial charge < -0.3 is 4.74 Å². The predicted molar refractivity (Wildman–Crippen MR) is 61.2 cm³/mol. The Balaban J connectivity index is 3.16. The zero-order valence-electron chi connectivity index (χ0n) is 9.21. The van der Waals surface area contributed by atoms with E-state index in [1.54, 1.807) is 0 Å². The van der Waals surface area contributed by atoms with Crippen molar-refractivity contribution in [3.05, 3.63) is 34.9 Å². The highest BCUT2D eigenvalue weighted by atomic mass is 35.5. The molecule has 1 aromatic carbocycles. The van der Waals surface area contributed by atoms with Gasteiger partial charge in [-0.15, -0.1) is 0 Å². The number of carbonyl (C=O) groups excluding carboxylic acids is 1. The summed E-state index contributed by atoms with van der Waals surface area (Å²) >= 11 is 5.48. The molecule has 0 radical (unpaired) electrons. The van der Waals surface area contributed by atoms with E-state index in [2.05, 4.69) is 6.07 Å². The van der Waals surface area contributed by atoms with Gasteiger partial charge in [-0.1, -0.05) is 30.7 Å². The Hall–Kier alpha value is -0.860. The summed E-state index contributed by atoms with van der Waals surface area (Å²) in [5.74, 6) is 0. The minimum Gasteiger partial charge on any atom is -0.368 e. The van der Waals surface area contributed by atoms with Crippen LogP contribution in [0.1, 0.15) is 29.7 Å². The first-order chi connectivity index (χ1) is 7.10. The number of benzene rings is 1. The molecule has 1 atom stereocenters. The van der Waals surface area contributed by atoms with Gasteiger partial charge in [0.05, 0.1) is 0 Å². The van der Waals surface area contributed by atoms with Crippen molar-refractivity contribution in [2.45, 2.75) is 26.4 Å². The second-order valence-electron chi connectivity index (χ2n) is 3.48. The third kappa shape index (κ3) is 2.80. The molecule has 0 aliphatic heterocycles. The fraction of sp³-hybridized carbons (Fsp3) is 0.417. The normalized spacial score (nSPS) is 12.5. The molecule has 3 heteroatoms. The maximum Gasteiger partial charge on any atom is 0.255 e. The average Bonchev–Trinajstić information content (AvgIpc) is 2.20. The van der Waals surface area contributed by atoms with Crippen molar-refractivity contribution in [1.29, 1.82) is 0 Å². The van der Waals surface area contributed by atoms with Crippen molar-refractivity contribution in [3.63, 3.8) is 0 Å². The quantitative estimate of drug-likeness (QED) is 0.738. The van der Waals surface area contributed by atoms with Crippen LogP contribution in [0.2, 0.25) is 0 Å². The number of rotatable bonds is 4. The molecule has 0 saturated heterocycles. The molecule has 0 amide bonds. The van der Waals surface area contributed by atoms with Crippen LogP contribution in [0.5, 0.6) is 0 Å². The van der Waals surface area contributed by atoms with Gasteiger partial charge >= 0.3 is 0 Å². The smallest absolute Gasteiger partial charge is 0.255 e. The predicted octanol–water partition coefficient (Wildman–Crippen LogP) is 3.01. The van der Waals surface area contributed by atoms with E-state index in [0.717, 1.165) is 17.5 Å². The minimum atomic E-state index is -0.651. The maximum atomic E-state index is 11.2. The van der Waals surface area contributed by atoms with Gasteiger partial charge in [-0.25, -0.2) is 0 Å². The van der Waals surface area contributed by atoms with Crippen molar-refractivity contribution in [2.75, 3.05) is 7.11 Å². The molecular weight excluding hydrogens is 212 g/mol. The van der Waals surface area contributed by atoms with Crippen LogP contribution in [0.3, 0.4) is 0 Å². The van der Waals surface area contributed by atoms with Crippen molar-refractivity contribution < 1.29 is 9.53 Å². The van der Waals surface area contributed by atoms with Crippen LogP contribution in [0.15, 0.2) is 18.2 Å². The van der Waals surface area contributed by atoms with Crippen LogP contribution in [0.4, 0.5) is 0 Å². The number of ether oxygens (including phenoxy) is 1. The second-order valence-corrected chi connectivity index (χ2v) is 3.85. The summed E-state index contributed by atoms with van der Waals surface area (Å²) in [4.78, 5) is 11.2. The molecule has 0 spiro atoms. The van der Waals surface area contributed by atoms with Crippen LogP contribution in [-0.2, 0) is 16.0 Å². The van der Waals surface area contributed by atoms with Gasteiger partial charge in [0.15, 0.2) is 6.10 Å². The molecule has 0 heterocycles. The summed E-state index contributed by atoms with van der Waals surface area (Å²) in [5.41, 5.74) is 3.15. The Morgan fingerprint density at radius 1 is 1.53 bits per heavy atom. The number of hydrogen-bond acceptors (Lipinski definition) is 2. The Bertz CT molecular complexity index is 361. The van der Waals surface area contributed by atoms with E-state index in [1.807, 2.05) is 26.0 Å². The third-order valence-corrected chi connectivity index (χ3v) is 2.60. The monoisotopic (exact) mass is 226 g/mol. The number of methoxy groups -OCH3 is 1. The fourth-order valence-electron chi connectivity index (χ4n) is 1.64. The van der Waals surface area contributed by atoms with Gasteiger partial charge in [-0.2, -0.15) is 0 Å². The second kappa shape index (κ2) is 5.29. The van der Waals surface area contributed by atoms with Gasteiger partial charge in [-0.3, -0.25) is 4.79 Å². The number of halogens is 1. The van der Waals surface area contributed by atoms with Crippen molar-refractivity contribution in [3.8, 4) is 0 Å². The molecule has 15 heavy (non-hydrogen) atoms. The Kier molecular flexibility index (Phi) is 4.30. The topological polar surface area (TPSA) is 26.3 Å². The molecule has 0 aliphatic carbocycles. The summed E-state index contributed by atoms with van der Waals surface area (Å²) in [6.45, 7) is 4.07. The van der Waals surface area contributed by atoms with E-state index in [4.69, 9.17) is 16.3 Å². The van der Waals surface area contributed by atoms with E-state index in [-0.39, 0.29) is 0 Å². The first-order valence-corrected chi connectivity index (χ1v) is 5.29. The first kappa shape index (κ1) is 12.2. The summed E-state index contributed by atoms with van der Waals surface area (Å²) < 4.78 is 5.10. The molecule has 0 N–H and O–H groups in total. The van der Waals surface area contributed by atoms with Crippen LogP contribution >= 0.6 is 11.6 Å². The largest absolute Gasteiger partial charge is 0.368 e. The van der Waals surface area contributed by atoms with Crippen LogP contribution in [0, 0.1) is 6.92 Å². The van der Waals surface area contributed by atoms with Gasteiger partial charge in [-0.05, 0) is 36.1 Å². The molecule has 1 aromatic rings. The molecule has 2 nitrogen and oxygen atoms in total. The lowest BCUT2D eigenvalue weighted by molar-refractivity contribution is -0.121. The summed E-state index contributed by atoms with van der Waals surface area (Å²) in [5, 5.41) is -0.476. The molecule has 1 rings (SSSR count). The zero-order valence-corrected chi connectivity index (χ0v) is 9.97. The summed E-state index contributed by atoms with van der Waals surface area (Å²) in [7, 11) is 1.49. The molecule has 82 valence electrons. The highest BCUT2D eigenvalue weighted by molar-refractivity contribution is 6.64. The molecule has 0 aromatic heterocycles.